The number of rotatable bonds is 2. The lowest BCUT2D eigenvalue weighted by Crippen LogP contribution is -2.54. The minimum absolute atomic E-state index is 0.104. The second-order valence-corrected chi connectivity index (χ2v) is 7.43. The molecule has 9 heteroatoms. The molecule has 2 heterocycles. The van der Waals surface area contributed by atoms with E-state index in [1.807, 2.05) is 0 Å². The van der Waals surface area contributed by atoms with Gasteiger partial charge in [0.1, 0.15) is 5.57 Å². The normalized spacial score (nSPS) is 17.5. The Morgan fingerprint density at radius 3 is 2.37 bits per heavy atom. The lowest BCUT2D eigenvalue weighted by Gasteiger charge is -2.26. The van der Waals surface area contributed by atoms with Crippen molar-refractivity contribution < 1.29 is 23.9 Å². The predicted octanol–water partition coefficient (Wildman–Crippen LogP) is 3.61. The highest BCUT2D eigenvalue weighted by atomic mass is 79.9. The van der Waals surface area contributed by atoms with Crippen LogP contribution in [0.25, 0.3) is 6.08 Å². The summed E-state index contributed by atoms with van der Waals surface area (Å²) < 4.78 is 12.0. The SMILES string of the molecule is O=C1NC(=O)N(c2ccc(Br)cc2)C(=O)C1=Cc1cc2c(cc1Br)OCO2. The van der Waals surface area contributed by atoms with Crippen molar-refractivity contribution in [2.45, 2.75) is 0 Å². The number of anilines is 1. The van der Waals surface area contributed by atoms with Crippen molar-refractivity contribution in [2.75, 3.05) is 11.7 Å². The van der Waals surface area contributed by atoms with E-state index in [1.165, 1.54) is 6.08 Å². The summed E-state index contributed by atoms with van der Waals surface area (Å²) in [4.78, 5) is 38.3. The van der Waals surface area contributed by atoms with Gasteiger partial charge in [0, 0.05) is 8.95 Å². The van der Waals surface area contributed by atoms with E-state index in [-0.39, 0.29) is 12.4 Å². The molecule has 0 unspecified atom stereocenters. The molecule has 27 heavy (non-hydrogen) atoms. The molecule has 2 aromatic rings. The van der Waals surface area contributed by atoms with E-state index in [0.717, 1.165) is 9.37 Å². The zero-order valence-electron chi connectivity index (χ0n) is 13.5. The van der Waals surface area contributed by atoms with E-state index >= 15 is 0 Å². The first-order chi connectivity index (χ1) is 12.9. The Hall–Kier alpha value is -2.65. The van der Waals surface area contributed by atoms with Crippen LogP contribution in [0.15, 0.2) is 50.9 Å². The summed E-state index contributed by atoms with van der Waals surface area (Å²) in [7, 11) is 0. The number of benzene rings is 2. The van der Waals surface area contributed by atoms with E-state index in [0.29, 0.717) is 27.2 Å². The maximum Gasteiger partial charge on any atom is 0.335 e. The topological polar surface area (TPSA) is 84.9 Å². The third-order valence-electron chi connectivity index (χ3n) is 3.98. The van der Waals surface area contributed by atoms with E-state index in [9.17, 15) is 14.4 Å². The van der Waals surface area contributed by atoms with Gasteiger partial charge in [-0.1, -0.05) is 31.9 Å². The number of fused-ring (bicyclic) bond motifs is 1. The van der Waals surface area contributed by atoms with Crippen LogP contribution >= 0.6 is 31.9 Å². The largest absolute Gasteiger partial charge is 0.454 e. The van der Waals surface area contributed by atoms with Crippen LogP contribution in [0.4, 0.5) is 10.5 Å². The van der Waals surface area contributed by atoms with Crippen LogP contribution in [-0.2, 0) is 9.59 Å². The molecule has 4 rings (SSSR count). The van der Waals surface area contributed by atoms with E-state index in [1.54, 1.807) is 36.4 Å². The summed E-state index contributed by atoms with van der Waals surface area (Å²) in [6.45, 7) is 0.104. The Bertz CT molecular complexity index is 1020. The number of nitrogens with one attached hydrogen (secondary N) is 1. The average Bonchev–Trinajstić information content (AvgIpc) is 3.07. The Labute approximate surface area is 170 Å². The molecule has 2 aliphatic rings. The summed E-state index contributed by atoms with van der Waals surface area (Å²) in [5.41, 5.74) is 0.726. The van der Waals surface area contributed by atoms with Crippen molar-refractivity contribution in [2.24, 2.45) is 0 Å². The molecule has 0 aromatic heterocycles. The van der Waals surface area contributed by atoms with Gasteiger partial charge in [-0.15, -0.1) is 0 Å². The maximum absolute atomic E-state index is 12.9. The average molecular weight is 494 g/mol. The molecule has 0 bridgehead atoms. The standard InChI is InChI=1S/C18H10Br2N2O5/c19-10-1-3-11(4-2-10)22-17(24)12(16(23)21-18(22)25)5-9-6-14-15(7-13(9)20)27-8-26-14/h1-7H,8H2,(H,21,23,25). The number of hydrogen-bond acceptors (Lipinski definition) is 5. The van der Waals surface area contributed by atoms with Crippen LogP contribution in [0.1, 0.15) is 5.56 Å². The zero-order chi connectivity index (χ0) is 19.1. The van der Waals surface area contributed by atoms with Crippen LogP contribution < -0.4 is 19.7 Å². The number of nitrogens with zero attached hydrogens (tertiary/aromatic N) is 1. The number of hydrogen-bond donors (Lipinski definition) is 1. The first kappa shape index (κ1) is 17.7. The third kappa shape index (κ3) is 3.24. The maximum atomic E-state index is 12.9. The van der Waals surface area contributed by atoms with Gasteiger partial charge in [0.15, 0.2) is 11.5 Å². The quantitative estimate of drug-likeness (QED) is 0.510. The fourth-order valence-corrected chi connectivity index (χ4v) is 3.38. The Morgan fingerprint density at radius 2 is 1.67 bits per heavy atom. The van der Waals surface area contributed by atoms with Crippen molar-refractivity contribution >= 4 is 61.5 Å². The molecule has 136 valence electrons. The Morgan fingerprint density at radius 1 is 1.00 bits per heavy atom. The van der Waals surface area contributed by atoms with Gasteiger partial charge in [0.2, 0.25) is 6.79 Å². The fraction of sp³-hybridized carbons (Fsp3) is 0.0556. The van der Waals surface area contributed by atoms with Gasteiger partial charge in [-0.3, -0.25) is 14.9 Å². The molecule has 0 aliphatic carbocycles. The molecule has 0 saturated carbocycles. The van der Waals surface area contributed by atoms with Crippen LogP contribution in [0.3, 0.4) is 0 Å². The molecule has 1 N–H and O–H groups in total. The Balaban J connectivity index is 1.75. The lowest BCUT2D eigenvalue weighted by atomic mass is 10.1. The number of urea groups is 1. The van der Waals surface area contributed by atoms with Gasteiger partial charge in [-0.05, 0) is 48.0 Å². The number of ether oxygens (including phenoxy) is 2. The summed E-state index contributed by atoms with van der Waals surface area (Å²) in [6.07, 6.45) is 1.40. The number of imide groups is 2. The van der Waals surface area contributed by atoms with Crippen LogP contribution in [0.2, 0.25) is 0 Å². The van der Waals surface area contributed by atoms with Crippen molar-refractivity contribution in [3.05, 3.63) is 56.5 Å². The number of halogens is 2. The van der Waals surface area contributed by atoms with Gasteiger partial charge < -0.3 is 9.47 Å². The van der Waals surface area contributed by atoms with Gasteiger partial charge in [0.25, 0.3) is 11.8 Å². The monoisotopic (exact) mass is 492 g/mol. The minimum atomic E-state index is -0.797. The van der Waals surface area contributed by atoms with Crippen LogP contribution in [0, 0.1) is 0 Å². The van der Waals surface area contributed by atoms with Gasteiger partial charge >= 0.3 is 6.03 Å². The summed E-state index contributed by atoms with van der Waals surface area (Å²) >= 11 is 6.69. The lowest BCUT2D eigenvalue weighted by molar-refractivity contribution is -0.122. The Kier molecular flexibility index (Phi) is 4.48. The molecule has 2 aliphatic heterocycles. The van der Waals surface area contributed by atoms with Crippen LogP contribution in [-0.4, -0.2) is 24.6 Å². The number of amides is 4. The highest BCUT2D eigenvalue weighted by Gasteiger charge is 2.37. The van der Waals surface area contributed by atoms with Crippen molar-refractivity contribution in [1.82, 2.24) is 5.32 Å². The van der Waals surface area contributed by atoms with E-state index in [2.05, 4.69) is 37.2 Å². The fourth-order valence-electron chi connectivity index (χ4n) is 2.68. The van der Waals surface area contributed by atoms with Crippen molar-refractivity contribution in [3.63, 3.8) is 0 Å². The summed E-state index contributed by atoms with van der Waals surface area (Å²) in [6, 6.07) is 9.15. The highest BCUT2D eigenvalue weighted by molar-refractivity contribution is 9.10. The molecule has 1 saturated heterocycles. The zero-order valence-corrected chi connectivity index (χ0v) is 16.7. The highest BCUT2D eigenvalue weighted by Crippen LogP contribution is 2.38. The first-order valence-corrected chi connectivity index (χ1v) is 9.29. The van der Waals surface area contributed by atoms with Crippen molar-refractivity contribution in [3.8, 4) is 11.5 Å². The second kappa shape index (κ2) is 6.82. The van der Waals surface area contributed by atoms with Gasteiger partial charge in [-0.2, -0.15) is 0 Å². The number of carbonyl (C=O) groups excluding carboxylic acids is 3. The number of carbonyl (C=O) groups is 3. The van der Waals surface area contributed by atoms with Gasteiger partial charge in [0.05, 0.1) is 5.69 Å². The first-order valence-electron chi connectivity index (χ1n) is 7.70. The molecule has 0 spiro atoms. The molecule has 0 radical (unpaired) electrons. The number of barbiturate groups is 1. The summed E-state index contributed by atoms with van der Waals surface area (Å²) in [5, 5.41) is 2.19. The van der Waals surface area contributed by atoms with Gasteiger partial charge in [-0.25, -0.2) is 9.69 Å². The molecule has 4 amide bonds. The molecule has 0 atom stereocenters. The van der Waals surface area contributed by atoms with Crippen molar-refractivity contribution in [1.29, 1.82) is 0 Å². The molecule has 7 nitrogen and oxygen atoms in total. The molecular weight excluding hydrogens is 484 g/mol. The smallest absolute Gasteiger partial charge is 0.335 e. The third-order valence-corrected chi connectivity index (χ3v) is 5.19. The molecule has 1 fully saturated rings. The molecular formula is C18H10Br2N2O5. The molecule has 2 aromatic carbocycles. The van der Waals surface area contributed by atoms with E-state index in [4.69, 9.17) is 9.47 Å². The van der Waals surface area contributed by atoms with Crippen LogP contribution in [0.5, 0.6) is 11.5 Å². The minimum Gasteiger partial charge on any atom is -0.454 e. The second-order valence-electron chi connectivity index (χ2n) is 5.66. The van der Waals surface area contributed by atoms with E-state index < -0.39 is 17.8 Å². The summed E-state index contributed by atoms with van der Waals surface area (Å²) in [5.74, 6) is -0.400. The predicted molar refractivity (Wildman–Crippen MR) is 103 cm³/mol.